The van der Waals surface area contributed by atoms with Gasteiger partial charge in [-0.25, -0.2) is 19.9 Å². The highest BCUT2D eigenvalue weighted by Crippen LogP contribution is 2.25. The van der Waals surface area contributed by atoms with E-state index in [1.807, 2.05) is 26.0 Å². The molecule has 2 aromatic rings. The van der Waals surface area contributed by atoms with Crippen LogP contribution in [-0.2, 0) is 11.2 Å². The third kappa shape index (κ3) is 4.78. The molecule has 4 heterocycles. The number of anilines is 2. The van der Waals surface area contributed by atoms with Crippen molar-refractivity contribution in [2.24, 2.45) is 5.92 Å². The zero-order valence-corrected chi connectivity index (χ0v) is 16.2. The van der Waals surface area contributed by atoms with E-state index < -0.39 is 0 Å². The van der Waals surface area contributed by atoms with Crippen molar-refractivity contribution >= 4 is 11.8 Å². The minimum absolute atomic E-state index is 0.587. The Morgan fingerprint density at radius 2 is 1.85 bits per heavy atom. The van der Waals surface area contributed by atoms with Gasteiger partial charge in [-0.15, -0.1) is 0 Å². The number of likely N-dealkylation sites (tertiary alicyclic amines) is 1. The summed E-state index contributed by atoms with van der Waals surface area (Å²) in [6.45, 7) is 8.11. The van der Waals surface area contributed by atoms with Crippen molar-refractivity contribution in [1.29, 1.82) is 0 Å². The average molecular weight is 368 g/mol. The molecule has 2 fully saturated rings. The molecule has 7 nitrogen and oxygen atoms in total. The third-order valence-corrected chi connectivity index (χ3v) is 5.51. The fourth-order valence-corrected chi connectivity index (χ4v) is 4.10. The Labute approximate surface area is 160 Å². The monoisotopic (exact) mass is 368 g/mol. The molecule has 0 amide bonds. The van der Waals surface area contributed by atoms with E-state index in [2.05, 4.69) is 30.2 Å². The van der Waals surface area contributed by atoms with Crippen LogP contribution in [0.1, 0.15) is 36.3 Å². The topological polar surface area (TPSA) is 76.1 Å². The van der Waals surface area contributed by atoms with Crippen LogP contribution >= 0.6 is 0 Å². The van der Waals surface area contributed by atoms with Crippen molar-refractivity contribution in [2.75, 3.05) is 31.6 Å². The maximum Gasteiger partial charge on any atom is 0.228 e. The van der Waals surface area contributed by atoms with Crippen LogP contribution in [0.15, 0.2) is 18.5 Å². The molecule has 0 aliphatic carbocycles. The fourth-order valence-electron chi connectivity index (χ4n) is 4.10. The van der Waals surface area contributed by atoms with Crippen LogP contribution in [0.3, 0.4) is 0 Å². The van der Waals surface area contributed by atoms with Gasteiger partial charge >= 0.3 is 0 Å². The number of nitrogens with zero attached hydrogens (tertiary/aromatic N) is 5. The van der Waals surface area contributed by atoms with Crippen molar-refractivity contribution in [2.45, 2.75) is 45.6 Å². The van der Waals surface area contributed by atoms with E-state index in [0.717, 1.165) is 42.5 Å². The van der Waals surface area contributed by atoms with Gasteiger partial charge in [0.2, 0.25) is 5.95 Å². The normalized spacial score (nSPS) is 21.5. The van der Waals surface area contributed by atoms with E-state index in [4.69, 9.17) is 4.74 Å². The lowest BCUT2D eigenvalue weighted by Gasteiger charge is -2.35. The maximum absolute atomic E-state index is 5.53. The highest BCUT2D eigenvalue weighted by molar-refractivity contribution is 5.48. The maximum atomic E-state index is 5.53. The highest BCUT2D eigenvalue weighted by atomic mass is 16.5. The van der Waals surface area contributed by atoms with Crippen LogP contribution in [0.5, 0.6) is 0 Å². The summed E-state index contributed by atoms with van der Waals surface area (Å²) in [4.78, 5) is 20.3. The molecular weight excluding hydrogens is 340 g/mol. The molecule has 1 N–H and O–H groups in total. The number of rotatable bonds is 5. The highest BCUT2D eigenvalue weighted by Gasteiger charge is 2.27. The van der Waals surface area contributed by atoms with Crippen molar-refractivity contribution in [1.82, 2.24) is 24.8 Å². The molecule has 4 rings (SSSR count). The first-order valence-corrected chi connectivity index (χ1v) is 9.88. The summed E-state index contributed by atoms with van der Waals surface area (Å²) in [6, 6.07) is 4.62. The second-order valence-corrected chi connectivity index (χ2v) is 7.69. The van der Waals surface area contributed by atoms with Gasteiger partial charge in [0, 0.05) is 35.8 Å². The lowest BCUT2D eigenvalue weighted by molar-refractivity contribution is 0.110. The van der Waals surface area contributed by atoms with Crippen LogP contribution in [0.4, 0.5) is 11.8 Å². The number of ether oxygens (including phenoxy) is 1. The third-order valence-electron chi connectivity index (χ3n) is 5.51. The van der Waals surface area contributed by atoms with E-state index >= 15 is 0 Å². The van der Waals surface area contributed by atoms with E-state index in [1.54, 1.807) is 6.33 Å². The van der Waals surface area contributed by atoms with Crippen LogP contribution in [-0.4, -0.2) is 57.2 Å². The fraction of sp³-hybridized carbons (Fsp3) is 0.600. The smallest absolute Gasteiger partial charge is 0.228 e. The number of hydrogen-bond donors (Lipinski definition) is 1. The summed E-state index contributed by atoms with van der Waals surface area (Å²) >= 11 is 0. The summed E-state index contributed by atoms with van der Waals surface area (Å²) in [5.74, 6) is 2.03. The van der Waals surface area contributed by atoms with Gasteiger partial charge in [0.25, 0.3) is 0 Å². The minimum atomic E-state index is 0.587. The molecule has 27 heavy (non-hydrogen) atoms. The number of aryl methyl sites for hydroxylation is 2. The van der Waals surface area contributed by atoms with Gasteiger partial charge in [0.05, 0.1) is 6.61 Å². The van der Waals surface area contributed by atoms with Crippen LogP contribution in [0, 0.1) is 19.8 Å². The van der Waals surface area contributed by atoms with Gasteiger partial charge in [0.1, 0.15) is 12.1 Å². The van der Waals surface area contributed by atoms with Gasteiger partial charge < -0.3 is 10.1 Å². The Balaban J connectivity index is 1.34. The molecule has 2 aliphatic rings. The van der Waals surface area contributed by atoms with Crippen molar-refractivity contribution in [3.63, 3.8) is 0 Å². The molecule has 0 radical (unpaired) electrons. The van der Waals surface area contributed by atoms with Crippen LogP contribution < -0.4 is 5.32 Å². The number of aromatic nitrogens is 4. The Kier molecular flexibility index (Phi) is 5.59. The predicted octanol–water partition coefficient (Wildman–Crippen LogP) is 2.67. The first kappa shape index (κ1) is 18.3. The molecule has 0 spiro atoms. The summed E-state index contributed by atoms with van der Waals surface area (Å²) in [5, 5.41) is 3.21. The molecule has 144 valence electrons. The van der Waals surface area contributed by atoms with E-state index in [1.165, 1.54) is 32.4 Å². The van der Waals surface area contributed by atoms with Crippen molar-refractivity contribution < 1.29 is 4.74 Å². The molecule has 2 saturated heterocycles. The Bertz CT molecular complexity index is 749. The van der Waals surface area contributed by atoms with Gasteiger partial charge in [-0.3, -0.25) is 4.90 Å². The zero-order chi connectivity index (χ0) is 18.6. The standard InChI is InChI=1S/C20H28N6O/c1-14-9-15(2)24-20(23-14)25-19-11-17(21-13-22-19)10-16-3-6-26(7-4-16)18-5-8-27-12-18/h9,11,13,16,18H,3-8,10,12H2,1-2H3,(H,21,22,23,24,25). The SMILES string of the molecule is Cc1cc(C)nc(Nc2cc(CC3CCN(C4CCOC4)CC3)ncn2)n1. The molecule has 2 aromatic heterocycles. The molecule has 0 saturated carbocycles. The summed E-state index contributed by atoms with van der Waals surface area (Å²) < 4.78 is 5.53. The average Bonchev–Trinajstić information content (AvgIpc) is 3.16. The van der Waals surface area contributed by atoms with Crippen LogP contribution in [0.2, 0.25) is 0 Å². The molecular formula is C20H28N6O. The van der Waals surface area contributed by atoms with Gasteiger partial charge in [-0.05, 0) is 64.6 Å². The minimum Gasteiger partial charge on any atom is -0.380 e. The van der Waals surface area contributed by atoms with E-state index in [-0.39, 0.29) is 0 Å². The second-order valence-electron chi connectivity index (χ2n) is 7.69. The van der Waals surface area contributed by atoms with E-state index in [9.17, 15) is 0 Å². The largest absolute Gasteiger partial charge is 0.380 e. The molecule has 0 aromatic carbocycles. The molecule has 2 aliphatic heterocycles. The number of hydrogen-bond acceptors (Lipinski definition) is 7. The summed E-state index contributed by atoms with van der Waals surface area (Å²) in [6.07, 6.45) is 6.27. The summed E-state index contributed by atoms with van der Waals surface area (Å²) in [7, 11) is 0. The Morgan fingerprint density at radius 3 is 2.56 bits per heavy atom. The Morgan fingerprint density at radius 1 is 1.07 bits per heavy atom. The lowest BCUT2D eigenvalue weighted by Crippen LogP contribution is -2.42. The predicted molar refractivity (Wildman–Crippen MR) is 104 cm³/mol. The van der Waals surface area contributed by atoms with Crippen molar-refractivity contribution in [3.05, 3.63) is 35.5 Å². The van der Waals surface area contributed by atoms with Crippen LogP contribution in [0.25, 0.3) is 0 Å². The van der Waals surface area contributed by atoms with E-state index in [0.29, 0.717) is 17.9 Å². The molecule has 7 heteroatoms. The van der Waals surface area contributed by atoms with Gasteiger partial charge in [0.15, 0.2) is 0 Å². The molecule has 1 unspecified atom stereocenters. The first-order valence-electron chi connectivity index (χ1n) is 9.88. The lowest BCUT2D eigenvalue weighted by atomic mass is 9.91. The Hall–Kier alpha value is -2.12. The molecule has 1 atom stereocenters. The first-order chi connectivity index (χ1) is 13.2. The summed E-state index contributed by atoms with van der Waals surface area (Å²) in [5.41, 5.74) is 2.97. The number of piperidine rings is 1. The quantitative estimate of drug-likeness (QED) is 0.869. The second kappa shape index (κ2) is 8.27. The zero-order valence-electron chi connectivity index (χ0n) is 16.2. The van der Waals surface area contributed by atoms with Crippen molar-refractivity contribution in [3.8, 4) is 0 Å². The van der Waals surface area contributed by atoms with Gasteiger partial charge in [-0.1, -0.05) is 0 Å². The van der Waals surface area contributed by atoms with Gasteiger partial charge in [-0.2, -0.15) is 0 Å². The molecule has 0 bridgehead atoms. The number of nitrogens with one attached hydrogen (secondary N) is 1.